The van der Waals surface area contributed by atoms with Gasteiger partial charge in [-0.25, -0.2) is 0 Å². The lowest BCUT2D eigenvalue weighted by Crippen LogP contribution is -2.35. The van der Waals surface area contributed by atoms with Gasteiger partial charge < -0.3 is 0 Å². The highest BCUT2D eigenvalue weighted by molar-refractivity contribution is 5.68. The molecule has 0 atom stereocenters. The molecule has 0 aliphatic rings. The van der Waals surface area contributed by atoms with E-state index < -0.39 is 13.7 Å². The quantitative estimate of drug-likeness (QED) is 0.148. The molecule has 6 heterocycles. The Hall–Kier alpha value is -9.78. The van der Waals surface area contributed by atoms with Crippen LogP contribution in [0.3, 0.4) is 0 Å². The first-order valence-corrected chi connectivity index (χ1v) is 35.7. The third-order valence-corrected chi connectivity index (χ3v) is 20.2. The van der Waals surface area contributed by atoms with Crippen molar-refractivity contribution < 1.29 is 35.6 Å². The summed E-state index contributed by atoms with van der Waals surface area (Å²) in [5, 5.41) is 0. The summed E-state index contributed by atoms with van der Waals surface area (Å²) in [6.07, 6.45) is 0. The number of nitrogens with zero attached hydrogens (tertiary/aromatic N) is 6. The van der Waals surface area contributed by atoms with Gasteiger partial charge in [0.05, 0.1) is 5.56 Å². The lowest BCUT2D eigenvalue weighted by molar-refractivity contribution is -0.666. The minimum absolute atomic E-state index is 0.394. The molecule has 6 aromatic carbocycles. The lowest BCUT2D eigenvalue weighted by Gasteiger charge is -2.10. The molecule has 0 saturated carbocycles. The molecule has 6 aromatic heterocycles. The van der Waals surface area contributed by atoms with E-state index in [4.69, 9.17) is 8.22 Å². The third kappa shape index (κ3) is 19.6. The summed E-state index contributed by atoms with van der Waals surface area (Å²) in [4.78, 5) is 0. The molecule has 0 fully saturated rings. The number of hydrogen-bond donors (Lipinski definition) is 0. The zero-order chi connectivity index (χ0) is 80.5. The van der Waals surface area contributed by atoms with E-state index in [9.17, 15) is 0 Å². The molecule has 0 aliphatic carbocycles. The van der Waals surface area contributed by atoms with Crippen LogP contribution in [-0.2, 0) is 42.3 Å². The van der Waals surface area contributed by atoms with Crippen molar-refractivity contribution >= 4 is 0 Å². The smallest absolute Gasteiger partial charge is 0.199 e. The van der Waals surface area contributed by atoms with Crippen LogP contribution >= 0.6 is 0 Å². The Kier molecular flexibility index (Phi) is 24.1. The van der Waals surface area contributed by atoms with E-state index in [1.165, 1.54) is 151 Å². The maximum Gasteiger partial charge on any atom is 0.213 e. The molecule has 0 radical (unpaired) electrons. The average molecular weight is 1360 g/mol. The second kappa shape index (κ2) is 34.7. The molecule has 0 saturated heterocycles. The number of hydrogen-bond acceptors (Lipinski definition) is 0. The van der Waals surface area contributed by atoms with Gasteiger partial charge >= 0.3 is 0 Å². The molecule has 0 bridgehead atoms. The van der Waals surface area contributed by atoms with Crippen LogP contribution in [0.4, 0.5) is 0 Å². The second-order valence-corrected chi connectivity index (χ2v) is 28.9. The normalized spacial score (nSPS) is 11.8. The lowest BCUT2D eigenvalue weighted by atomic mass is 9.98. The Morgan fingerprint density at radius 1 is 0.196 bits per heavy atom. The first kappa shape index (κ1) is 70.6. The summed E-state index contributed by atoms with van der Waals surface area (Å²) in [7, 11) is 12.6. The Morgan fingerprint density at radius 2 is 0.480 bits per heavy atom. The first-order valence-electron chi connectivity index (χ1n) is 38.7. The van der Waals surface area contributed by atoms with Gasteiger partial charge in [-0.15, -0.1) is 0 Å². The van der Waals surface area contributed by atoms with Gasteiger partial charge in [0.25, 0.3) is 0 Å². The van der Waals surface area contributed by atoms with Gasteiger partial charge in [-0.3, -0.25) is 0 Å². The summed E-state index contributed by atoms with van der Waals surface area (Å²) in [5.74, 6) is 0. The number of aromatic nitrogens is 6. The van der Waals surface area contributed by atoms with E-state index in [0.717, 1.165) is 39.3 Å². The maximum absolute atomic E-state index is 7.64. The Morgan fingerprint density at radius 3 is 0.853 bits per heavy atom. The SMILES string of the molecule is Cc1cc(C)[n+](C)c(-c2c(C)cccc2C)c1.Cc1cc(C)[n+](C)c(-c2cccc(C)c2C)c1.Cc1ccc(-c2cc(C)cc(C)[n+]2C)c(C)c1.Cc1ccc(C)c(-c2cc(C)cc(C)[n+]2C)c1.[2H]C([2H])([2H])c1ccc(-c2cc(C)cc(C)[n+]2C)c(C)c1.[2H]C([2H])([2H])c1cccc(-c2cc(C)cc(C)[n+]2C)c1C. The predicted octanol–water partition coefficient (Wildman–Crippen LogP) is 20.5. The van der Waals surface area contributed by atoms with E-state index in [-0.39, 0.29) is 0 Å². The molecular weight excluding hydrogens is 1240 g/mol. The fourth-order valence-corrected chi connectivity index (χ4v) is 13.6. The van der Waals surface area contributed by atoms with Crippen LogP contribution in [0.2, 0.25) is 0 Å². The highest BCUT2D eigenvalue weighted by Crippen LogP contribution is 2.30. The number of aryl methyl sites for hydroxylation is 22. The topological polar surface area (TPSA) is 23.3 Å². The minimum Gasteiger partial charge on any atom is -0.199 e. The van der Waals surface area contributed by atoms with Gasteiger partial charge in [-0.2, -0.15) is 27.4 Å². The van der Waals surface area contributed by atoms with Gasteiger partial charge in [-0.1, -0.05) is 95.6 Å². The van der Waals surface area contributed by atoms with Crippen LogP contribution in [0.1, 0.15) is 143 Å². The molecule has 6 nitrogen and oxygen atoms in total. The van der Waals surface area contributed by atoms with Crippen molar-refractivity contribution in [2.45, 2.75) is 166 Å². The van der Waals surface area contributed by atoms with Gasteiger partial charge in [0, 0.05) is 150 Å². The fraction of sp³-hybridized carbons (Fsp3) is 0.312. The van der Waals surface area contributed by atoms with Crippen LogP contribution in [0, 0.1) is 166 Å². The fourth-order valence-electron chi connectivity index (χ4n) is 13.6. The monoisotopic (exact) mass is 1360 g/mol. The van der Waals surface area contributed by atoms with Crippen LogP contribution in [0.5, 0.6) is 0 Å². The molecule has 0 N–H and O–H groups in total. The van der Waals surface area contributed by atoms with E-state index >= 15 is 0 Å². The van der Waals surface area contributed by atoms with E-state index in [1.54, 1.807) is 18.2 Å². The summed E-state index contributed by atoms with van der Waals surface area (Å²) in [6.45, 7) is 42.6. The Bertz CT molecular complexity index is 5210. The minimum atomic E-state index is -2.07. The number of rotatable bonds is 6. The number of benzene rings is 6. The van der Waals surface area contributed by atoms with Gasteiger partial charge in [0.2, 0.25) is 34.2 Å². The summed E-state index contributed by atoms with van der Waals surface area (Å²) in [6, 6.07) is 63.5. The molecule has 102 heavy (non-hydrogen) atoms. The van der Waals surface area contributed by atoms with E-state index in [2.05, 4.69) is 340 Å². The predicted molar refractivity (Wildman–Crippen MR) is 432 cm³/mol. The van der Waals surface area contributed by atoms with Crippen molar-refractivity contribution in [3.63, 3.8) is 0 Å². The summed E-state index contributed by atoms with van der Waals surface area (Å²) in [5.41, 5.74) is 43.2. The maximum atomic E-state index is 7.64. The van der Waals surface area contributed by atoms with E-state index in [1.807, 2.05) is 46.1 Å². The van der Waals surface area contributed by atoms with Crippen LogP contribution in [0.15, 0.2) is 182 Å². The molecule has 12 rings (SSSR count). The summed E-state index contributed by atoms with van der Waals surface area (Å²) < 4.78 is 58.6. The molecule has 6 heteroatoms. The third-order valence-electron chi connectivity index (χ3n) is 20.2. The van der Waals surface area contributed by atoms with Crippen molar-refractivity contribution in [2.75, 3.05) is 0 Å². The van der Waals surface area contributed by atoms with Crippen molar-refractivity contribution in [2.24, 2.45) is 42.3 Å². The standard InChI is InChI=1S/6C16H20N/c1-11-6-7-13(3)15(9-11)16-10-12(2)8-14(4)17(16)5;2*1-11-6-7-15(13(3)8-11)16-10-12(2)9-14(4)17(16)5;2*1-11-9-13(3)17(5)16(10-11)15-8-6-7-12(2)14(15)4;1-11-9-14(4)17(5)15(10-11)16-12(2)7-6-8-13(16)3/h6*6-10H,1-5H3/q6*+1/i;1D3;;2D3;;. The zero-order valence-corrected chi connectivity index (χ0v) is 67.0. The van der Waals surface area contributed by atoms with Gasteiger partial charge in [-0.05, 0) is 238 Å². The summed E-state index contributed by atoms with van der Waals surface area (Å²) >= 11 is 0. The Balaban J connectivity index is 0.000000181. The highest BCUT2D eigenvalue weighted by atomic mass is 15.0. The van der Waals surface area contributed by atoms with Crippen LogP contribution < -0.4 is 27.4 Å². The van der Waals surface area contributed by atoms with Crippen molar-refractivity contribution in [1.29, 1.82) is 0 Å². The Labute approximate surface area is 624 Å². The van der Waals surface area contributed by atoms with Gasteiger partial charge in [0.15, 0.2) is 34.2 Å². The van der Waals surface area contributed by atoms with Crippen LogP contribution in [-0.4, -0.2) is 0 Å². The largest absolute Gasteiger partial charge is 0.213 e. The van der Waals surface area contributed by atoms with Crippen molar-refractivity contribution in [1.82, 2.24) is 0 Å². The van der Waals surface area contributed by atoms with Gasteiger partial charge in [0.1, 0.15) is 42.3 Å². The second-order valence-electron chi connectivity index (χ2n) is 28.9. The molecule has 0 spiro atoms. The molecule has 0 amide bonds. The van der Waals surface area contributed by atoms with Crippen molar-refractivity contribution in [3.05, 3.63) is 316 Å². The van der Waals surface area contributed by atoms with Crippen molar-refractivity contribution in [3.8, 4) is 67.5 Å². The molecule has 528 valence electrons. The molecule has 0 unspecified atom stereocenters. The molecule has 12 aromatic rings. The molecule has 0 aliphatic heterocycles. The highest BCUT2D eigenvalue weighted by Gasteiger charge is 2.22. The zero-order valence-electron chi connectivity index (χ0n) is 73.0. The van der Waals surface area contributed by atoms with Crippen LogP contribution in [0.25, 0.3) is 67.5 Å². The molecular formula is C96H120N6+6. The number of pyridine rings is 6. The average Bonchev–Trinajstić information content (AvgIpc) is 0.811. The first-order chi connectivity index (χ1) is 50.4. The van der Waals surface area contributed by atoms with E-state index in [0.29, 0.717) is 11.1 Å².